The minimum atomic E-state index is -4.59. The maximum Gasteiger partial charge on any atom is 0.472 e. The van der Waals surface area contributed by atoms with E-state index in [9.17, 15) is 24.2 Å². The minimum absolute atomic E-state index is 0.152. The van der Waals surface area contributed by atoms with Crippen molar-refractivity contribution in [1.82, 2.24) is 0 Å². The molecule has 41 heavy (non-hydrogen) atoms. The van der Waals surface area contributed by atoms with Crippen molar-refractivity contribution >= 4 is 19.8 Å². The first-order valence-corrected chi connectivity index (χ1v) is 16.1. The number of aliphatic hydroxyl groups is 2. The molecular weight excluding hydrogens is 551 g/mol. The summed E-state index contributed by atoms with van der Waals surface area (Å²) in [6.07, 6.45) is 24.1. The summed E-state index contributed by atoms with van der Waals surface area (Å²) in [6.45, 7) is 1.77. The number of phosphoric ester groups is 1. The van der Waals surface area contributed by atoms with Crippen molar-refractivity contribution in [1.29, 1.82) is 0 Å². The molecule has 0 rings (SSSR count). The molecule has 236 valence electrons. The number of allylic oxidation sites excluding steroid dienone is 8. The third-order valence-electron chi connectivity index (χ3n) is 5.47. The molecule has 0 amide bonds. The van der Waals surface area contributed by atoms with Gasteiger partial charge in [-0.1, -0.05) is 75.3 Å². The SMILES string of the molecule is CC/C=C\C/C=C\C/C=C\C/C=C\CCCCCCC(=O)OC(COC(=O)CCC)COP(=O)(O)OCC(O)CO. The summed E-state index contributed by atoms with van der Waals surface area (Å²) >= 11 is 0. The Morgan fingerprint density at radius 3 is 1.95 bits per heavy atom. The fourth-order valence-electron chi connectivity index (χ4n) is 3.25. The number of esters is 2. The number of hydrogen-bond donors (Lipinski definition) is 3. The molecule has 0 fully saturated rings. The molecule has 10 nitrogen and oxygen atoms in total. The summed E-state index contributed by atoms with van der Waals surface area (Å²) in [6, 6.07) is 0. The molecule has 0 radical (unpaired) electrons. The summed E-state index contributed by atoms with van der Waals surface area (Å²) in [7, 11) is -4.59. The third kappa shape index (κ3) is 26.6. The van der Waals surface area contributed by atoms with Crippen LogP contribution in [0.15, 0.2) is 48.6 Å². The zero-order valence-corrected chi connectivity index (χ0v) is 25.6. The molecule has 0 heterocycles. The van der Waals surface area contributed by atoms with E-state index in [0.717, 1.165) is 51.4 Å². The van der Waals surface area contributed by atoms with Crippen LogP contribution < -0.4 is 0 Å². The van der Waals surface area contributed by atoms with E-state index in [4.69, 9.17) is 19.1 Å². The number of phosphoric acid groups is 1. The number of aliphatic hydroxyl groups excluding tert-OH is 2. The van der Waals surface area contributed by atoms with E-state index >= 15 is 0 Å². The van der Waals surface area contributed by atoms with Crippen LogP contribution in [0.5, 0.6) is 0 Å². The van der Waals surface area contributed by atoms with Gasteiger partial charge in [0.2, 0.25) is 0 Å². The van der Waals surface area contributed by atoms with Gasteiger partial charge in [0, 0.05) is 12.8 Å². The fraction of sp³-hybridized carbons (Fsp3) is 0.667. The first-order valence-electron chi connectivity index (χ1n) is 14.6. The van der Waals surface area contributed by atoms with Gasteiger partial charge in [-0.2, -0.15) is 0 Å². The summed E-state index contributed by atoms with van der Waals surface area (Å²) in [5.41, 5.74) is 0. The normalized spacial score (nSPS) is 15.1. The monoisotopic (exact) mass is 602 g/mol. The Kier molecular flexibility index (Phi) is 25.5. The van der Waals surface area contributed by atoms with Gasteiger partial charge in [-0.25, -0.2) is 4.57 Å². The molecule has 11 heteroatoms. The number of unbranched alkanes of at least 4 members (excludes halogenated alkanes) is 4. The first-order chi connectivity index (χ1) is 19.7. The highest BCUT2D eigenvalue weighted by atomic mass is 31.2. The number of carbonyl (C=O) groups is 2. The minimum Gasteiger partial charge on any atom is -0.462 e. The van der Waals surface area contributed by atoms with Crippen LogP contribution in [0, 0.1) is 0 Å². The van der Waals surface area contributed by atoms with Crippen LogP contribution in [0.4, 0.5) is 0 Å². The van der Waals surface area contributed by atoms with Crippen molar-refractivity contribution in [2.24, 2.45) is 0 Å². The first kappa shape index (κ1) is 38.9. The second kappa shape index (κ2) is 26.8. The smallest absolute Gasteiger partial charge is 0.462 e. The highest BCUT2D eigenvalue weighted by Gasteiger charge is 2.27. The van der Waals surface area contributed by atoms with E-state index in [-0.39, 0.29) is 19.4 Å². The molecule has 3 unspecified atom stereocenters. The summed E-state index contributed by atoms with van der Waals surface area (Å²) < 4.78 is 31.8. The molecule has 0 aromatic rings. The zero-order valence-electron chi connectivity index (χ0n) is 24.7. The second-order valence-electron chi connectivity index (χ2n) is 9.40. The predicted octanol–water partition coefficient (Wildman–Crippen LogP) is 5.87. The van der Waals surface area contributed by atoms with Crippen LogP contribution in [0.3, 0.4) is 0 Å². The molecule has 0 aromatic heterocycles. The molecule has 3 atom stereocenters. The lowest BCUT2D eigenvalue weighted by molar-refractivity contribution is -0.161. The summed E-state index contributed by atoms with van der Waals surface area (Å²) in [5, 5.41) is 18.0. The average Bonchev–Trinajstić information content (AvgIpc) is 2.95. The lowest BCUT2D eigenvalue weighted by atomic mass is 10.1. The molecule has 3 N–H and O–H groups in total. The quantitative estimate of drug-likeness (QED) is 0.0475. The lowest BCUT2D eigenvalue weighted by Crippen LogP contribution is -2.29. The molecule has 0 bridgehead atoms. The van der Waals surface area contributed by atoms with Gasteiger partial charge in [0.25, 0.3) is 0 Å². The molecule has 0 aliphatic carbocycles. The molecule has 0 aromatic carbocycles. The maximum absolute atomic E-state index is 12.3. The van der Waals surface area contributed by atoms with Crippen LogP contribution in [0.1, 0.15) is 90.9 Å². The van der Waals surface area contributed by atoms with E-state index in [1.54, 1.807) is 0 Å². The van der Waals surface area contributed by atoms with E-state index in [1.807, 2.05) is 6.92 Å². The van der Waals surface area contributed by atoms with Crippen molar-refractivity contribution in [3.63, 3.8) is 0 Å². The Bertz CT molecular complexity index is 837. The Balaban J connectivity index is 4.24. The average molecular weight is 603 g/mol. The van der Waals surface area contributed by atoms with Gasteiger partial charge in [-0.05, 0) is 51.4 Å². The highest BCUT2D eigenvalue weighted by Crippen LogP contribution is 2.43. The Morgan fingerprint density at radius 2 is 1.34 bits per heavy atom. The van der Waals surface area contributed by atoms with Gasteiger partial charge >= 0.3 is 19.8 Å². The van der Waals surface area contributed by atoms with Crippen LogP contribution >= 0.6 is 7.82 Å². The van der Waals surface area contributed by atoms with Gasteiger partial charge in [0.05, 0.1) is 19.8 Å². The number of carbonyl (C=O) groups excluding carboxylic acids is 2. The van der Waals surface area contributed by atoms with Gasteiger partial charge in [-0.15, -0.1) is 0 Å². The van der Waals surface area contributed by atoms with Crippen molar-refractivity contribution in [3.8, 4) is 0 Å². The molecule has 0 spiro atoms. The third-order valence-corrected chi connectivity index (χ3v) is 6.42. The van der Waals surface area contributed by atoms with Gasteiger partial charge in [0.1, 0.15) is 12.7 Å². The van der Waals surface area contributed by atoms with Crippen molar-refractivity contribution in [2.75, 3.05) is 26.4 Å². The lowest BCUT2D eigenvalue weighted by Gasteiger charge is -2.20. The van der Waals surface area contributed by atoms with Crippen LogP contribution in [0.2, 0.25) is 0 Å². The standard InChI is InChI=1S/C30H51O10P/c1-3-5-6-7-8-9-10-11-12-13-14-15-16-17-18-19-20-22-30(34)40-28(25-37-29(33)21-4-2)26-39-41(35,36)38-24-27(32)23-31/h5-6,8-9,11-12,14-15,27-28,31-32H,3-4,7,10,13,16-26H2,1-2H3,(H,35,36)/b6-5-,9-8-,12-11-,15-14-. The zero-order chi connectivity index (χ0) is 30.6. The van der Waals surface area contributed by atoms with Crippen LogP contribution in [0.25, 0.3) is 0 Å². The predicted molar refractivity (Wildman–Crippen MR) is 159 cm³/mol. The van der Waals surface area contributed by atoms with Crippen molar-refractivity contribution in [3.05, 3.63) is 48.6 Å². The van der Waals surface area contributed by atoms with E-state index < -0.39 is 51.8 Å². The number of hydrogen-bond acceptors (Lipinski definition) is 9. The Morgan fingerprint density at radius 1 is 0.756 bits per heavy atom. The van der Waals surface area contributed by atoms with Crippen molar-refractivity contribution < 1.29 is 47.8 Å². The number of ether oxygens (including phenoxy) is 2. The summed E-state index contributed by atoms with van der Waals surface area (Å²) in [4.78, 5) is 33.7. The van der Waals surface area contributed by atoms with Crippen LogP contribution in [-0.4, -0.2) is 65.7 Å². The van der Waals surface area contributed by atoms with Crippen LogP contribution in [-0.2, 0) is 32.7 Å². The highest BCUT2D eigenvalue weighted by molar-refractivity contribution is 7.47. The second-order valence-corrected chi connectivity index (χ2v) is 10.8. The van der Waals surface area contributed by atoms with E-state index in [0.29, 0.717) is 12.8 Å². The summed E-state index contributed by atoms with van der Waals surface area (Å²) in [5.74, 6) is -1.02. The molecule has 0 aliphatic rings. The topological polar surface area (TPSA) is 149 Å². The molecule has 0 aliphatic heterocycles. The van der Waals surface area contributed by atoms with Gasteiger partial charge < -0.3 is 24.6 Å². The Labute approximate surface area is 245 Å². The maximum atomic E-state index is 12.3. The van der Waals surface area contributed by atoms with E-state index in [2.05, 4.69) is 60.1 Å². The van der Waals surface area contributed by atoms with Gasteiger partial charge in [0.15, 0.2) is 6.10 Å². The fourth-order valence-corrected chi connectivity index (χ4v) is 4.04. The van der Waals surface area contributed by atoms with Crippen molar-refractivity contribution in [2.45, 2.75) is 103 Å². The number of rotatable bonds is 26. The largest absolute Gasteiger partial charge is 0.472 e. The molecule has 0 saturated heterocycles. The van der Waals surface area contributed by atoms with E-state index in [1.165, 1.54) is 0 Å². The molecule has 0 saturated carbocycles. The Hall–Kier alpha value is -2.07. The van der Waals surface area contributed by atoms with Gasteiger partial charge in [-0.3, -0.25) is 18.6 Å². The molecular formula is C30H51O10P.